The molecule has 0 radical (unpaired) electrons. The van der Waals surface area contributed by atoms with Crippen LogP contribution in [0.5, 0.6) is 0 Å². The molecule has 0 amide bonds. The maximum atomic E-state index is 2.54. The number of benzene rings is 2. The monoisotopic (exact) mass is 307 g/mol. The Kier molecular flexibility index (Phi) is 2.19. The summed E-state index contributed by atoms with van der Waals surface area (Å²) in [6.45, 7) is 1.01. The van der Waals surface area contributed by atoms with Crippen LogP contribution in [-0.2, 0) is 6.54 Å². The minimum atomic E-state index is -0.772. The van der Waals surface area contributed by atoms with E-state index >= 15 is 0 Å². The van der Waals surface area contributed by atoms with Crippen molar-refractivity contribution in [3.05, 3.63) is 54.2 Å². The summed E-state index contributed by atoms with van der Waals surface area (Å²) in [4.78, 5) is 0. The molecule has 1 aliphatic rings. The molecule has 3 heterocycles. The fraction of sp³-hybridized carbons (Fsp3) is 0.211. The van der Waals surface area contributed by atoms with Crippen molar-refractivity contribution in [3.8, 4) is 0 Å². The minimum absolute atomic E-state index is 0.772. The quantitative estimate of drug-likeness (QED) is 0.328. The van der Waals surface area contributed by atoms with Gasteiger partial charge in [0, 0.05) is 16.3 Å². The molecular formula is C19H19N2S+. The summed E-state index contributed by atoms with van der Waals surface area (Å²) in [7, 11) is -0.772. The summed E-state index contributed by atoms with van der Waals surface area (Å²) in [6, 6.07) is 15.5. The van der Waals surface area contributed by atoms with Gasteiger partial charge in [-0.1, -0.05) is 36.4 Å². The smallest absolute Gasteiger partial charge is 0.214 e. The number of nitrogens with zero attached hydrogens (tertiary/aromatic N) is 2. The fourth-order valence-electron chi connectivity index (χ4n) is 3.86. The van der Waals surface area contributed by atoms with Gasteiger partial charge < -0.3 is 0 Å². The van der Waals surface area contributed by atoms with E-state index in [0.717, 1.165) is 6.54 Å². The average molecular weight is 307 g/mol. The second-order valence-corrected chi connectivity index (χ2v) is 11.0. The summed E-state index contributed by atoms with van der Waals surface area (Å²) in [5.41, 5.74) is 4.15. The van der Waals surface area contributed by atoms with Gasteiger partial charge in [0.1, 0.15) is 18.3 Å². The SMILES string of the molecule is CS(C)(C)c1c[n+]2c3ccccc3c3cccc4c3c2n1C4. The molecule has 110 valence electrons. The van der Waals surface area contributed by atoms with E-state index in [2.05, 4.69) is 76.4 Å². The molecule has 0 bridgehead atoms. The predicted octanol–water partition coefficient (Wildman–Crippen LogP) is 3.95. The predicted molar refractivity (Wildman–Crippen MR) is 95.3 cm³/mol. The Balaban J connectivity index is 2.14. The topological polar surface area (TPSA) is 9.03 Å². The average Bonchev–Trinajstić information content (AvgIpc) is 3.03. The zero-order valence-electron chi connectivity index (χ0n) is 13.1. The normalized spacial score (nSPS) is 14.7. The van der Waals surface area contributed by atoms with Crippen LogP contribution in [0.4, 0.5) is 0 Å². The van der Waals surface area contributed by atoms with E-state index in [9.17, 15) is 0 Å². The number of para-hydroxylation sites is 1. The van der Waals surface area contributed by atoms with Gasteiger partial charge in [-0.3, -0.25) is 0 Å². The number of aromatic nitrogens is 2. The first kappa shape index (κ1) is 12.5. The highest BCUT2D eigenvalue weighted by Crippen LogP contribution is 2.47. The summed E-state index contributed by atoms with van der Waals surface area (Å²) >= 11 is 0. The minimum Gasteiger partial charge on any atom is -0.214 e. The number of rotatable bonds is 1. The lowest BCUT2D eigenvalue weighted by Gasteiger charge is -2.21. The largest absolute Gasteiger partial charge is 0.296 e. The highest BCUT2D eigenvalue weighted by atomic mass is 32.3. The molecule has 2 aromatic carbocycles. The summed E-state index contributed by atoms with van der Waals surface area (Å²) in [5.74, 6) is 0. The Hall–Kier alpha value is -2.00. The maximum Gasteiger partial charge on any atom is 0.296 e. The zero-order valence-corrected chi connectivity index (χ0v) is 13.9. The van der Waals surface area contributed by atoms with Crippen molar-refractivity contribution < 1.29 is 4.40 Å². The second kappa shape index (κ2) is 3.85. The van der Waals surface area contributed by atoms with E-state index in [1.54, 1.807) is 0 Å². The molecule has 3 heteroatoms. The van der Waals surface area contributed by atoms with Gasteiger partial charge in [-0.15, -0.1) is 0 Å². The number of pyridine rings is 1. The maximum absolute atomic E-state index is 2.54. The molecule has 1 aliphatic heterocycles. The van der Waals surface area contributed by atoms with Gasteiger partial charge >= 0.3 is 0 Å². The summed E-state index contributed by atoms with van der Waals surface area (Å²) in [6.07, 6.45) is 9.53. The lowest BCUT2D eigenvalue weighted by atomic mass is 10.0. The van der Waals surface area contributed by atoms with E-state index < -0.39 is 10.0 Å². The van der Waals surface area contributed by atoms with Crippen LogP contribution in [0, 0.1) is 0 Å². The van der Waals surface area contributed by atoms with Gasteiger partial charge in [-0.25, -0.2) is 4.57 Å². The molecule has 0 atom stereocenters. The van der Waals surface area contributed by atoms with Crippen LogP contribution in [0.25, 0.3) is 27.3 Å². The third kappa shape index (κ3) is 1.40. The van der Waals surface area contributed by atoms with E-state index in [-0.39, 0.29) is 0 Å². The molecule has 0 aliphatic carbocycles. The first-order valence-corrected chi connectivity index (χ1v) is 10.5. The number of imidazole rings is 1. The molecular weight excluding hydrogens is 288 g/mol. The number of fused-ring (bicyclic) bond motifs is 3. The summed E-state index contributed by atoms with van der Waals surface area (Å²) < 4.78 is 4.96. The van der Waals surface area contributed by atoms with Crippen molar-refractivity contribution in [1.82, 2.24) is 4.57 Å². The van der Waals surface area contributed by atoms with Crippen LogP contribution in [-0.4, -0.2) is 23.3 Å². The number of hydrogen-bond acceptors (Lipinski definition) is 0. The lowest BCUT2D eigenvalue weighted by Crippen LogP contribution is -2.20. The van der Waals surface area contributed by atoms with Crippen LogP contribution in [0.15, 0.2) is 53.7 Å². The molecule has 0 fully saturated rings. The van der Waals surface area contributed by atoms with Crippen molar-refractivity contribution in [3.63, 3.8) is 0 Å². The van der Waals surface area contributed by atoms with Crippen LogP contribution in [0.1, 0.15) is 5.56 Å². The molecule has 0 spiro atoms. The highest BCUT2D eigenvalue weighted by molar-refractivity contribution is 8.32. The molecule has 0 saturated carbocycles. The standard InChI is InChI=1S/C19H19N2S/c1-22(2,3)17-12-20-16-10-5-4-8-14(16)15-9-6-7-13-11-21(17)19(20)18(13)15/h4-10,12H,11H2,1-3H3/q+1. The van der Waals surface area contributed by atoms with Gasteiger partial charge in [-0.2, -0.15) is 14.4 Å². The van der Waals surface area contributed by atoms with E-state index in [4.69, 9.17) is 0 Å². The van der Waals surface area contributed by atoms with Gasteiger partial charge in [0.15, 0.2) is 5.03 Å². The van der Waals surface area contributed by atoms with Crippen LogP contribution in [0.3, 0.4) is 0 Å². The van der Waals surface area contributed by atoms with Crippen LogP contribution in [0.2, 0.25) is 0 Å². The van der Waals surface area contributed by atoms with Crippen molar-refractivity contribution in [2.75, 3.05) is 18.8 Å². The zero-order chi connectivity index (χ0) is 15.1. The molecule has 0 saturated heterocycles. The molecule has 22 heavy (non-hydrogen) atoms. The van der Waals surface area contributed by atoms with Crippen LogP contribution < -0.4 is 4.40 Å². The Morgan fingerprint density at radius 3 is 2.55 bits per heavy atom. The van der Waals surface area contributed by atoms with E-state index in [1.807, 2.05) is 0 Å². The van der Waals surface area contributed by atoms with Gasteiger partial charge in [-0.05, 0) is 24.8 Å². The van der Waals surface area contributed by atoms with Crippen LogP contribution >= 0.6 is 10.0 Å². The Bertz CT molecular complexity index is 1080. The molecule has 0 N–H and O–H groups in total. The molecule has 5 rings (SSSR count). The van der Waals surface area contributed by atoms with Crippen molar-refractivity contribution in [1.29, 1.82) is 0 Å². The first-order chi connectivity index (χ1) is 10.6. The third-order valence-corrected chi connectivity index (χ3v) is 6.35. The van der Waals surface area contributed by atoms with Gasteiger partial charge in [0.05, 0.1) is 5.39 Å². The Morgan fingerprint density at radius 2 is 1.73 bits per heavy atom. The van der Waals surface area contributed by atoms with Gasteiger partial charge in [0.2, 0.25) is 0 Å². The second-order valence-electron chi connectivity index (χ2n) is 6.94. The molecule has 2 aromatic heterocycles. The summed E-state index contributed by atoms with van der Waals surface area (Å²) in [5, 5.41) is 5.67. The lowest BCUT2D eigenvalue weighted by molar-refractivity contribution is -0.480. The van der Waals surface area contributed by atoms with E-state index in [1.165, 1.54) is 37.9 Å². The van der Waals surface area contributed by atoms with E-state index in [0.29, 0.717) is 0 Å². The molecule has 2 nitrogen and oxygen atoms in total. The molecule has 4 aromatic rings. The fourth-order valence-corrected chi connectivity index (χ4v) is 5.09. The third-order valence-electron chi connectivity index (χ3n) is 4.77. The number of hydrogen-bond donors (Lipinski definition) is 0. The van der Waals surface area contributed by atoms with Crippen molar-refractivity contribution in [2.45, 2.75) is 11.6 Å². The van der Waals surface area contributed by atoms with Crippen molar-refractivity contribution >= 4 is 37.4 Å². The van der Waals surface area contributed by atoms with Crippen molar-refractivity contribution in [2.24, 2.45) is 0 Å². The molecule has 0 unspecified atom stereocenters. The highest BCUT2D eigenvalue weighted by Gasteiger charge is 2.33. The van der Waals surface area contributed by atoms with Gasteiger partial charge in [0.25, 0.3) is 5.65 Å². The first-order valence-electron chi connectivity index (χ1n) is 7.61. The Labute approximate surface area is 131 Å². The Morgan fingerprint density at radius 1 is 0.955 bits per heavy atom.